The van der Waals surface area contributed by atoms with Gasteiger partial charge in [-0.15, -0.1) is 16.9 Å². The van der Waals surface area contributed by atoms with Gasteiger partial charge in [-0.3, -0.25) is 62.2 Å². The highest BCUT2D eigenvalue weighted by Crippen LogP contribution is 2.33. The van der Waals surface area contributed by atoms with Crippen molar-refractivity contribution in [2.24, 2.45) is 47.2 Å². The number of aliphatic carboxylic acids is 2. The number of nitrogens with one attached hydrogen (secondary N) is 4. The number of hydrogen-bond donors (Lipinski definition) is 8. The van der Waals surface area contributed by atoms with Gasteiger partial charge in [0.15, 0.2) is 11.6 Å². The van der Waals surface area contributed by atoms with Crippen molar-refractivity contribution in [3.63, 3.8) is 0 Å². The molecular weight excluding hydrogens is 1570 g/mol. The lowest BCUT2D eigenvalue weighted by molar-refractivity contribution is -0.149. The molecule has 0 spiro atoms. The van der Waals surface area contributed by atoms with Crippen LogP contribution in [-0.4, -0.2) is 260 Å². The van der Waals surface area contributed by atoms with E-state index in [0.717, 1.165) is 16.7 Å². The van der Waals surface area contributed by atoms with Gasteiger partial charge in [0, 0.05) is 117 Å². The van der Waals surface area contributed by atoms with Crippen molar-refractivity contribution in [2.45, 2.75) is 220 Å². The molecule has 4 aromatic rings. The first-order valence-electron chi connectivity index (χ1n) is 41.0. The van der Waals surface area contributed by atoms with E-state index in [1.165, 1.54) is 42.8 Å². The van der Waals surface area contributed by atoms with Gasteiger partial charge in [-0.25, -0.2) is 9.59 Å². The number of aryl methyl sites for hydroxylation is 1. The molecule has 1 aliphatic rings. The first-order valence-corrected chi connectivity index (χ1v) is 42.3. The molecule has 120 heavy (non-hydrogen) atoms. The summed E-state index contributed by atoms with van der Waals surface area (Å²) >= 11 is 1.07. The second kappa shape index (κ2) is 49.5. The average molecular weight is 1700 g/mol. The Bertz CT molecular complexity index is 4070. The zero-order valence-corrected chi connectivity index (χ0v) is 73.1. The molecule has 34 heteroatoms. The van der Waals surface area contributed by atoms with Gasteiger partial charge in [0.25, 0.3) is 0 Å². The lowest BCUT2D eigenvalue weighted by atomic mass is 9.83. The number of anilines is 1. The van der Waals surface area contributed by atoms with Gasteiger partial charge < -0.3 is 81.0 Å². The molecule has 3 aromatic carbocycles. The number of benzene rings is 3. The minimum absolute atomic E-state index is 0.00778. The molecule has 0 bridgehead atoms. The third kappa shape index (κ3) is 31.1. The molecule has 0 aliphatic carbocycles. The van der Waals surface area contributed by atoms with Gasteiger partial charge in [-0.05, 0) is 96.9 Å². The van der Waals surface area contributed by atoms with Crippen LogP contribution in [0.5, 0.6) is 0 Å². The SMILES string of the molecule is CC[C@H](C)[C@@H]([C@@H](CC(=O)N1CCCC1[C@@H](OC)[C@H](C)C(=O)N[C@H](C)[C@@H](O)c1ccccc1)OC)N(C)C(=O)[C@@H](CC(=O)[C@H](C(C)C)N(C)C(=O)OCc1ccc(NC(=O)[C@H](CCCNC(N)=O)CC(=O)[C@@H](NC(=O)CCc2cn(CCN(CC(=O)N(C)CC(=O)O)C(=O)Cc3ccc(CC(=O)CC(SC)C(=O)O)cc3)nn2)C(C)C)cc1)C(C)C. The van der Waals surface area contributed by atoms with Crippen molar-refractivity contribution in [1.29, 1.82) is 0 Å². The van der Waals surface area contributed by atoms with E-state index in [0.29, 0.717) is 59.4 Å². The number of likely N-dealkylation sites (tertiary alicyclic amines) is 1. The maximum Gasteiger partial charge on any atom is 0.410 e. The van der Waals surface area contributed by atoms with E-state index in [2.05, 4.69) is 31.6 Å². The predicted molar refractivity (Wildman–Crippen MR) is 450 cm³/mol. The standard InChI is InChI=1S/C86H127N13O20S/c1-17-54(8)78(69(117-14)46-73(105)99-38-22-26-66(99)80(118-15)55(9)81(110)89-56(10)79(109)60-23-19-18-20-24-60)95(12)83(112)65(51(2)3)45-68(102)77(53(6)7)96(13)86(116)119-50-59-31-33-62(34-32-59)90-82(111)61(25-21-37-88-85(87)115)43-67(101)76(52(4)5)91-71(103)36-35-63-47-98(93-92-63)40-39-97(48-74(106)94(11)49-75(107)108)72(104)42-58-29-27-57(28-30-58)41-64(100)44-70(120-16)84(113)114/h18-20,23-24,27-34,47,51-56,61,65-66,69-70,76-80,109H,17,21-22,25-26,35-46,48-50H2,1-16H3,(H,89,110)(H,90,111)(H,91,103)(H,107,108)(H,113,114)(H3,87,88,115)/t54-,55-,56+,61+,65-,66?,69+,70?,76-,77-,78-,79+,80-/m0/s1. The van der Waals surface area contributed by atoms with Crippen molar-refractivity contribution in [1.82, 2.24) is 55.4 Å². The molecule has 0 saturated carbocycles. The van der Waals surface area contributed by atoms with Gasteiger partial charge in [-0.1, -0.05) is 141 Å². The Morgan fingerprint density at radius 1 is 0.717 bits per heavy atom. The topological polar surface area (TPSA) is 448 Å². The van der Waals surface area contributed by atoms with Crippen LogP contribution in [0.4, 0.5) is 15.3 Å². The number of nitrogens with zero attached hydrogens (tertiary/aromatic N) is 8. The lowest BCUT2D eigenvalue weighted by Gasteiger charge is -2.41. The number of methoxy groups -OCH3 is 2. The molecule has 2 unspecified atom stereocenters. The molecule has 1 aliphatic heterocycles. The van der Waals surface area contributed by atoms with Crippen molar-refractivity contribution < 1.29 is 96.7 Å². The van der Waals surface area contributed by atoms with Crippen LogP contribution < -0.4 is 27.0 Å². The van der Waals surface area contributed by atoms with Gasteiger partial charge in [0.2, 0.25) is 41.4 Å². The zero-order chi connectivity index (χ0) is 89.4. The molecule has 13 atom stereocenters. The highest BCUT2D eigenvalue weighted by Gasteiger charge is 2.45. The molecule has 2 heterocycles. The molecule has 662 valence electrons. The van der Waals surface area contributed by atoms with Crippen LogP contribution in [0.2, 0.25) is 0 Å². The van der Waals surface area contributed by atoms with Gasteiger partial charge in [-0.2, -0.15) is 0 Å². The van der Waals surface area contributed by atoms with Crippen molar-refractivity contribution >= 4 is 100 Å². The summed E-state index contributed by atoms with van der Waals surface area (Å²) in [5, 5.41) is 48.2. The van der Waals surface area contributed by atoms with E-state index in [-0.39, 0.29) is 132 Å². The highest BCUT2D eigenvalue weighted by molar-refractivity contribution is 7.99. The number of rotatable bonds is 52. The average Bonchev–Trinajstić information content (AvgIpc) is 1.38. The minimum atomic E-state index is -1.25. The number of ketones is 3. The van der Waals surface area contributed by atoms with Gasteiger partial charge in [0.05, 0.1) is 86.1 Å². The number of aliphatic hydroxyl groups is 1. The summed E-state index contributed by atoms with van der Waals surface area (Å²) in [5.74, 6) is -10.3. The first-order chi connectivity index (χ1) is 56.7. The van der Waals surface area contributed by atoms with Crippen LogP contribution in [0, 0.1) is 41.4 Å². The number of aliphatic hydroxyl groups excluding tert-OH is 1. The van der Waals surface area contributed by atoms with E-state index in [1.807, 2.05) is 45.9 Å². The summed E-state index contributed by atoms with van der Waals surface area (Å²) in [6.07, 6.45) is 1.23. The molecule has 5 rings (SSSR count). The van der Waals surface area contributed by atoms with E-state index < -0.39 is 150 Å². The van der Waals surface area contributed by atoms with E-state index in [9.17, 15) is 82.4 Å². The van der Waals surface area contributed by atoms with E-state index in [1.54, 1.807) is 132 Å². The smallest absolute Gasteiger partial charge is 0.410 e. The van der Waals surface area contributed by atoms with Crippen LogP contribution in [0.25, 0.3) is 0 Å². The fourth-order valence-corrected chi connectivity index (χ4v) is 15.6. The molecule has 9 N–H and O–H groups in total. The van der Waals surface area contributed by atoms with Crippen molar-refractivity contribution in [3.05, 3.63) is 113 Å². The fraction of sp³-hybridized carbons (Fsp3) is 0.605. The highest BCUT2D eigenvalue weighted by atomic mass is 32.2. The maximum atomic E-state index is 15.0. The van der Waals surface area contributed by atoms with E-state index in [4.69, 9.17) is 19.9 Å². The summed E-state index contributed by atoms with van der Waals surface area (Å²) in [6, 6.07) is 17.6. The third-order valence-corrected chi connectivity index (χ3v) is 23.2. The predicted octanol–water partition coefficient (Wildman–Crippen LogP) is 6.93. The van der Waals surface area contributed by atoms with Crippen LogP contribution in [0.3, 0.4) is 0 Å². The number of hydrogen-bond acceptors (Lipinski definition) is 21. The number of aromatic nitrogens is 3. The molecule has 10 amide bonds. The Morgan fingerprint density at radius 2 is 1.36 bits per heavy atom. The Balaban J connectivity index is 1.17. The Morgan fingerprint density at radius 3 is 1.93 bits per heavy atom. The van der Waals surface area contributed by atoms with Gasteiger partial charge >= 0.3 is 24.1 Å². The quantitative estimate of drug-likeness (QED) is 0.0208. The summed E-state index contributed by atoms with van der Waals surface area (Å²) in [6.45, 7) is 17.4. The Labute approximate surface area is 708 Å². The number of Topliss-reactive ketones (excluding diaryl/α,β-unsaturated/α-hetero) is 3. The number of primary amides is 1. The van der Waals surface area contributed by atoms with Crippen molar-refractivity contribution in [3.8, 4) is 0 Å². The largest absolute Gasteiger partial charge is 0.480 e. The van der Waals surface area contributed by atoms with Crippen LogP contribution in [0.1, 0.15) is 167 Å². The number of thioether (sulfide) groups is 1. The number of carboxylic acid groups (broad SMARTS) is 2. The number of carbonyl (C=O) groups is 14. The first kappa shape index (κ1) is 100. The molecule has 1 fully saturated rings. The van der Waals surface area contributed by atoms with Crippen LogP contribution in [-0.2, 0) is 104 Å². The number of likely N-dealkylation sites (N-methyl/N-ethyl adjacent to an activating group) is 3. The second-order valence-electron chi connectivity index (χ2n) is 32.3. The fourth-order valence-electron chi connectivity index (χ4n) is 15.1. The van der Waals surface area contributed by atoms with Crippen molar-refractivity contribution in [2.75, 3.05) is 79.7 Å². The summed E-state index contributed by atoms with van der Waals surface area (Å²) in [7, 11) is 7.44. The number of urea groups is 1. The van der Waals surface area contributed by atoms with E-state index >= 15 is 0 Å². The summed E-state index contributed by atoms with van der Waals surface area (Å²) in [4.78, 5) is 195. The van der Waals surface area contributed by atoms with Gasteiger partial charge in [0.1, 0.15) is 24.2 Å². The number of ether oxygens (including phenoxy) is 3. The molecule has 1 aromatic heterocycles. The number of amides is 10. The monoisotopic (exact) mass is 1690 g/mol. The lowest BCUT2D eigenvalue weighted by Crippen LogP contribution is -2.55. The minimum Gasteiger partial charge on any atom is -0.480 e. The number of carboxylic acids is 2. The normalized spacial score (nSPS) is 15.7. The van der Waals surface area contributed by atoms with Crippen LogP contribution >= 0.6 is 11.8 Å². The molecular formula is C86H127N13O20S. The molecule has 33 nitrogen and oxygen atoms in total. The summed E-state index contributed by atoms with van der Waals surface area (Å²) in [5.41, 5.74) is 8.38. The van der Waals surface area contributed by atoms with Crippen LogP contribution in [0.15, 0.2) is 85.1 Å². The Hall–Kier alpha value is -10.2. The second-order valence-corrected chi connectivity index (χ2v) is 33.3. The number of carbonyl (C=O) groups excluding carboxylic acids is 12. The molecule has 0 radical (unpaired) electrons. The zero-order valence-electron chi connectivity index (χ0n) is 72.3. The molecule has 1 saturated heterocycles. The number of nitrogens with two attached hydrogens (primary N) is 1. The Kier molecular flexibility index (Phi) is 41.4. The third-order valence-electron chi connectivity index (χ3n) is 22.2. The maximum absolute atomic E-state index is 15.0. The summed E-state index contributed by atoms with van der Waals surface area (Å²) < 4.78 is 19.3.